The summed E-state index contributed by atoms with van der Waals surface area (Å²) in [5.41, 5.74) is 0.962. The van der Waals surface area contributed by atoms with Crippen molar-refractivity contribution < 1.29 is 27.5 Å². The summed E-state index contributed by atoms with van der Waals surface area (Å²) in [5.74, 6) is -0.0673. The molecule has 15 heteroatoms. The summed E-state index contributed by atoms with van der Waals surface area (Å²) in [7, 11) is 1.64. The second-order valence-corrected chi connectivity index (χ2v) is 10.6. The molecule has 230 valence electrons. The summed E-state index contributed by atoms with van der Waals surface area (Å²) >= 11 is 0. The van der Waals surface area contributed by atoms with Crippen LogP contribution < -0.4 is 20.7 Å². The number of aromatic nitrogens is 4. The molecule has 4 heterocycles. The molecule has 0 atom stereocenters. The second-order valence-electron chi connectivity index (χ2n) is 10.6. The molecule has 2 aliphatic heterocycles. The van der Waals surface area contributed by atoms with Gasteiger partial charge in [-0.2, -0.15) is 22.7 Å². The summed E-state index contributed by atoms with van der Waals surface area (Å²) in [6.45, 7) is 6.33. The summed E-state index contributed by atoms with van der Waals surface area (Å²) in [6, 6.07) is 4.16. The van der Waals surface area contributed by atoms with Gasteiger partial charge < -0.3 is 29.3 Å². The topological polar surface area (TPSA) is 117 Å². The van der Waals surface area contributed by atoms with Gasteiger partial charge in [0.1, 0.15) is 12.2 Å². The van der Waals surface area contributed by atoms with Crippen LogP contribution >= 0.6 is 0 Å². The third kappa shape index (κ3) is 6.35. The molecular weight excluding hydrogens is 569 g/mol. The van der Waals surface area contributed by atoms with E-state index in [1.54, 1.807) is 23.5 Å². The lowest BCUT2D eigenvalue weighted by Gasteiger charge is -2.36. The predicted molar refractivity (Wildman–Crippen MR) is 153 cm³/mol. The molecule has 0 spiro atoms. The number of halogens is 3. The number of hydrogen-bond donors (Lipinski definition) is 1. The highest BCUT2D eigenvalue weighted by Crippen LogP contribution is 2.30. The van der Waals surface area contributed by atoms with Gasteiger partial charge in [-0.05, 0) is 43.2 Å². The third-order valence-corrected chi connectivity index (χ3v) is 7.72. The number of alkyl halides is 3. The SMILES string of the molecule is COCC1=CCN(c2nc3n(CC(=O)Nc4ccc(C(F)(F)F)cc4)c(C)c(N4CCN(C(C)=O)CC4)c(=O)n3n2)CC1. The number of nitrogens with one attached hydrogen (secondary N) is 1. The van der Waals surface area contributed by atoms with Gasteiger partial charge in [0.05, 0.1) is 12.2 Å². The van der Waals surface area contributed by atoms with Gasteiger partial charge in [-0.25, -0.2) is 0 Å². The predicted octanol–water partition coefficient (Wildman–Crippen LogP) is 2.31. The monoisotopic (exact) mass is 602 g/mol. The molecular formula is C28H33F3N8O4. The first kappa shape index (κ1) is 30.1. The van der Waals surface area contributed by atoms with E-state index in [4.69, 9.17) is 4.74 Å². The molecule has 0 unspecified atom stereocenters. The van der Waals surface area contributed by atoms with Gasteiger partial charge in [0.15, 0.2) is 0 Å². The Labute approximate surface area is 245 Å². The van der Waals surface area contributed by atoms with Crippen LogP contribution in [0.15, 0.2) is 40.7 Å². The van der Waals surface area contributed by atoms with E-state index in [0.29, 0.717) is 63.2 Å². The largest absolute Gasteiger partial charge is 0.416 e. The van der Waals surface area contributed by atoms with E-state index in [0.717, 1.165) is 24.1 Å². The van der Waals surface area contributed by atoms with Crippen LogP contribution in [-0.2, 0) is 27.0 Å². The standard InChI is InChI=1S/C28H33F3N8O4/c1-18-24(36-14-12-35(13-15-36)19(2)40)25(42)39-27(33-26(34-39)37-10-8-20(9-11-37)17-43-3)38(18)16-23(41)32-22-6-4-21(5-7-22)28(29,30)31/h4-8H,9-17H2,1-3H3,(H,32,41). The number of anilines is 3. The van der Waals surface area contributed by atoms with Crippen LogP contribution in [0.25, 0.3) is 5.78 Å². The molecule has 43 heavy (non-hydrogen) atoms. The van der Waals surface area contributed by atoms with Crippen molar-refractivity contribution in [1.29, 1.82) is 0 Å². The number of fused-ring (bicyclic) bond motifs is 1. The average molecular weight is 603 g/mol. The van der Waals surface area contributed by atoms with Crippen molar-refractivity contribution in [2.75, 3.05) is 68.1 Å². The summed E-state index contributed by atoms with van der Waals surface area (Å²) in [6.07, 6.45) is -1.71. The number of benzene rings is 1. The van der Waals surface area contributed by atoms with E-state index in [1.807, 2.05) is 15.9 Å². The van der Waals surface area contributed by atoms with Gasteiger partial charge in [-0.3, -0.25) is 14.4 Å². The Morgan fingerprint density at radius 3 is 2.33 bits per heavy atom. The Morgan fingerprint density at radius 2 is 1.74 bits per heavy atom. The Morgan fingerprint density at radius 1 is 1.05 bits per heavy atom. The summed E-state index contributed by atoms with van der Waals surface area (Å²) in [5, 5.41) is 7.17. The number of amides is 2. The molecule has 0 aliphatic carbocycles. The molecule has 2 aliphatic rings. The smallest absolute Gasteiger partial charge is 0.380 e. The van der Waals surface area contributed by atoms with Crippen molar-refractivity contribution in [3.8, 4) is 0 Å². The summed E-state index contributed by atoms with van der Waals surface area (Å²) < 4.78 is 46.9. The fraction of sp³-hybridized carbons (Fsp3) is 0.464. The van der Waals surface area contributed by atoms with Crippen molar-refractivity contribution in [3.05, 3.63) is 57.5 Å². The van der Waals surface area contributed by atoms with E-state index < -0.39 is 23.2 Å². The first-order valence-electron chi connectivity index (χ1n) is 13.9. The van der Waals surface area contributed by atoms with E-state index in [-0.39, 0.29) is 23.9 Å². The van der Waals surface area contributed by atoms with Gasteiger partial charge in [0, 0.05) is 64.7 Å². The number of carbonyl (C=O) groups excluding carboxylic acids is 2. The van der Waals surface area contributed by atoms with Crippen molar-refractivity contribution in [2.24, 2.45) is 0 Å². The Bertz CT molecular complexity index is 1610. The lowest BCUT2D eigenvalue weighted by atomic mass is 10.1. The van der Waals surface area contributed by atoms with Gasteiger partial charge in [-0.15, -0.1) is 5.10 Å². The molecule has 1 saturated heterocycles. The number of hydrogen-bond acceptors (Lipinski definition) is 8. The number of rotatable bonds is 7. The number of methoxy groups -OCH3 is 1. The molecule has 1 aromatic carbocycles. The van der Waals surface area contributed by atoms with E-state index in [2.05, 4.69) is 15.4 Å². The molecule has 2 amide bonds. The Balaban J connectivity index is 1.49. The van der Waals surface area contributed by atoms with Gasteiger partial charge in [0.2, 0.25) is 23.5 Å². The van der Waals surface area contributed by atoms with Crippen LogP contribution in [0.2, 0.25) is 0 Å². The molecule has 12 nitrogen and oxygen atoms in total. The van der Waals surface area contributed by atoms with Crippen molar-refractivity contribution in [1.82, 2.24) is 24.1 Å². The van der Waals surface area contributed by atoms with E-state index in [1.165, 1.54) is 23.6 Å². The molecule has 0 saturated carbocycles. The van der Waals surface area contributed by atoms with Crippen LogP contribution in [0.1, 0.15) is 24.6 Å². The zero-order chi connectivity index (χ0) is 30.9. The number of nitrogens with zero attached hydrogens (tertiary/aromatic N) is 7. The van der Waals surface area contributed by atoms with Crippen LogP contribution in [0.3, 0.4) is 0 Å². The second kappa shape index (κ2) is 12.1. The van der Waals surface area contributed by atoms with Gasteiger partial charge in [-0.1, -0.05) is 6.08 Å². The van der Waals surface area contributed by atoms with Crippen molar-refractivity contribution in [3.63, 3.8) is 0 Å². The maximum atomic E-state index is 13.8. The molecule has 3 aromatic rings. The minimum Gasteiger partial charge on any atom is -0.380 e. The fourth-order valence-corrected chi connectivity index (χ4v) is 5.37. The van der Waals surface area contributed by atoms with Gasteiger partial charge in [0.25, 0.3) is 5.56 Å². The highest BCUT2D eigenvalue weighted by molar-refractivity contribution is 5.91. The zero-order valence-corrected chi connectivity index (χ0v) is 24.1. The highest BCUT2D eigenvalue weighted by atomic mass is 19.4. The quantitative estimate of drug-likeness (QED) is 0.410. The molecule has 0 radical (unpaired) electrons. The maximum Gasteiger partial charge on any atom is 0.416 e. The van der Waals surface area contributed by atoms with Gasteiger partial charge >= 0.3 is 6.18 Å². The third-order valence-electron chi connectivity index (χ3n) is 7.72. The normalized spacial score (nSPS) is 16.0. The molecule has 1 N–H and O–H groups in total. The van der Waals surface area contributed by atoms with Crippen molar-refractivity contribution in [2.45, 2.75) is 33.0 Å². The minimum absolute atomic E-state index is 0.0469. The number of carbonyl (C=O) groups is 2. The summed E-state index contributed by atoms with van der Waals surface area (Å²) in [4.78, 5) is 49.0. The van der Waals surface area contributed by atoms with E-state index in [9.17, 15) is 27.6 Å². The minimum atomic E-state index is -4.49. The highest BCUT2D eigenvalue weighted by Gasteiger charge is 2.30. The Kier molecular flexibility index (Phi) is 8.44. The first-order chi connectivity index (χ1) is 20.5. The fourth-order valence-electron chi connectivity index (χ4n) is 5.37. The molecule has 5 rings (SSSR count). The number of piperazine rings is 1. The maximum absolute atomic E-state index is 13.8. The van der Waals surface area contributed by atoms with Crippen LogP contribution in [0, 0.1) is 6.92 Å². The van der Waals surface area contributed by atoms with Crippen LogP contribution in [0.5, 0.6) is 0 Å². The van der Waals surface area contributed by atoms with Crippen molar-refractivity contribution >= 4 is 34.9 Å². The molecule has 0 bridgehead atoms. The lowest BCUT2D eigenvalue weighted by molar-refractivity contribution is -0.137. The van der Waals surface area contributed by atoms with Crippen LogP contribution in [0.4, 0.5) is 30.5 Å². The average Bonchev–Trinajstić information content (AvgIpc) is 3.42. The Hall–Kier alpha value is -4.40. The number of ether oxygens (including phenoxy) is 1. The van der Waals surface area contributed by atoms with E-state index >= 15 is 0 Å². The molecule has 1 fully saturated rings. The lowest BCUT2D eigenvalue weighted by Crippen LogP contribution is -2.50. The van der Waals surface area contributed by atoms with Crippen LogP contribution in [-0.4, -0.2) is 88.9 Å². The molecule has 2 aromatic heterocycles. The zero-order valence-electron chi connectivity index (χ0n) is 24.1. The first-order valence-corrected chi connectivity index (χ1v) is 13.9.